The first-order valence-corrected chi connectivity index (χ1v) is 8.70. The number of rotatable bonds is 8. The monoisotopic (exact) mass is 357 g/mol. The minimum atomic E-state index is -0.0864. The normalized spacial score (nSPS) is 10.6. The second kappa shape index (κ2) is 8.39. The van der Waals surface area contributed by atoms with Crippen LogP contribution in [0.15, 0.2) is 43.0 Å². The molecule has 0 saturated heterocycles. The second-order valence-corrected chi connectivity index (χ2v) is 6.05. The number of imidazole rings is 1. The van der Waals surface area contributed by atoms with Gasteiger partial charge in [-0.05, 0) is 37.6 Å². The molecule has 0 fully saturated rings. The maximum absolute atomic E-state index is 12.1. The molecule has 2 heterocycles. The van der Waals surface area contributed by atoms with Gasteiger partial charge in [-0.15, -0.1) is 0 Å². The highest BCUT2D eigenvalue weighted by atomic mass is 32.1. The van der Waals surface area contributed by atoms with Gasteiger partial charge in [0.15, 0.2) is 0 Å². The number of benzene rings is 1. The molecule has 0 unspecified atom stereocenters. The van der Waals surface area contributed by atoms with Crippen LogP contribution in [0.2, 0.25) is 0 Å². The lowest BCUT2D eigenvalue weighted by Crippen LogP contribution is -2.25. The average molecular weight is 357 g/mol. The highest BCUT2D eigenvalue weighted by molar-refractivity contribution is 6.99. The van der Waals surface area contributed by atoms with E-state index in [2.05, 4.69) is 19.0 Å². The lowest BCUT2D eigenvalue weighted by atomic mass is 10.2. The number of ether oxygens (including phenoxy) is 1. The molecule has 7 nitrogen and oxygen atoms in total. The van der Waals surface area contributed by atoms with Gasteiger partial charge in [0.25, 0.3) is 5.91 Å². The van der Waals surface area contributed by atoms with E-state index in [4.69, 9.17) is 4.74 Å². The number of nitrogens with zero attached hydrogens (tertiary/aromatic N) is 4. The van der Waals surface area contributed by atoms with Gasteiger partial charge in [-0.1, -0.05) is 0 Å². The predicted octanol–water partition coefficient (Wildman–Crippen LogP) is 2.44. The first-order valence-electron chi connectivity index (χ1n) is 7.97. The Morgan fingerprint density at radius 2 is 2.12 bits per heavy atom. The van der Waals surface area contributed by atoms with E-state index in [1.807, 2.05) is 17.7 Å². The Morgan fingerprint density at radius 1 is 1.28 bits per heavy atom. The molecule has 1 aromatic carbocycles. The molecule has 3 rings (SSSR count). The Labute approximate surface area is 150 Å². The predicted molar refractivity (Wildman–Crippen MR) is 94.6 cm³/mol. The number of hydrogen-bond donors (Lipinski definition) is 1. The third-order valence-corrected chi connectivity index (χ3v) is 4.33. The molecule has 0 radical (unpaired) electrons. The van der Waals surface area contributed by atoms with E-state index >= 15 is 0 Å². The van der Waals surface area contributed by atoms with Crippen LogP contribution in [-0.2, 0) is 13.2 Å². The van der Waals surface area contributed by atoms with Crippen molar-refractivity contribution in [3.63, 3.8) is 0 Å². The summed E-state index contributed by atoms with van der Waals surface area (Å²) in [5.74, 6) is 0.612. The molecule has 1 amide bonds. The first-order chi connectivity index (χ1) is 12.2. The summed E-state index contributed by atoms with van der Waals surface area (Å²) in [6, 6.07) is 7.09. The number of nitrogens with one attached hydrogen (secondary N) is 1. The van der Waals surface area contributed by atoms with Crippen molar-refractivity contribution in [3.8, 4) is 5.75 Å². The third-order valence-electron chi connectivity index (χ3n) is 3.68. The van der Waals surface area contributed by atoms with E-state index in [1.54, 1.807) is 36.8 Å². The van der Waals surface area contributed by atoms with Crippen LogP contribution in [-0.4, -0.2) is 30.8 Å². The Bertz CT molecular complexity index is 799. The van der Waals surface area contributed by atoms with Crippen LogP contribution in [0.5, 0.6) is 5.75 Å². The Hall–Kier alpha value is -2.74. The number of aryl methyl sites for hydroxylation is 2. The lowest BCUT2D eigenvalue weighted by molar-refractivity contribution is 0.0952. The van der Waals surface area contributed by atoms with Gasteiger partial charge in [-0.2, -0.15) is 8.75 Å². The molecule has 0 spiro atoms. The van der Waals surface area contributed by atoms with E-state index in [0.29, 0.717) is 24.5 Å². The van der Waals surface area contributed by atoms with Crippen LogP contribution in [0.3, 0.4) is 0 Å². The summed E-state index contributed by atoms with van der Waals surface area (Å²) in [5, 5.41) is 2.91. The van der Waals surface area contributed by atoms with Gasteiger partial charge in [0, 0.05) is 31.0 Å². The highest BCUT2D eigenvalue weighted by Gasteiger charge is 2.07. The zero-order valence-corrected chi connectivity index (χ0v) is 14.7. The van der Waals surface area contributed by atoms with Crippen molar-refractivity contribution in [1.82, 2.24) is 23.6 Å². The fourth-order valence-electron chi connectivity index (χ4n) is 2.22. The van der Waals surface area contributed by atoms with Crippen molar-refractivity contribution in [2.24, 2.45) is 0 Å². The third kappa shape index (κ3) is 4.87. The number of hydrogen-bond acceptors (Lipinski definition) is 6. The Morgan fingerprint density at radius 3 is 2.80 bits per heavy atom. The summed E-state index contributed by atoms with van der Waals surface area (Å²) in [6.07, 6.45) is 6.27. The highest BCUT2D eigenvalue weighted by Crippen LogP contribution is 2.15. The molecule has 25 heavy (non-hydrogen) atoms. The molecule has 1 N–H and O–H groups in total. The molecule has 0 aliphatic heterocycles. The Kier molecular flexibility index (Phi) is 5.73. The quantitative estimate of drug-likeness (QED) is 0.626. The maximum atomic E-state index is 12.1. The molecular formula is C17H19N5O2S. The fourth-order valence-corrected chi connectivity index (χ4v) is 2.77. The summed E-state index contributed by atoms with van der Waals surface area (Å²) in [4.78, 5) is 16.1. The van der Waals surface area contributed by atoms with E-state index < -0.39 is 0 Å². The van der Waals surface area contributed by atoms with Crippen molar-refractivity contribution in [1.29, 1.82) is 0 Å². The van der Waals surface area contributed by atoms with Crippen molar-refractivity contribution in [2.75, 3.05) is 6.54 Å². The van der Waals surface area contributed by atoms with Crippen LogP contribution >= 0.6 is 11.7 Å². The van der Waals surface area contributed by atoms with Gasteiger partial charge in [0.1, 0.15) is 18.1 Å². The largest absolute Gasteiger partial charge is 0.487 e. The minimum absolute atomic E-state index is 0.0864. The summed E-state index contributed by atoms with van der Waals surface area (Å²) >= 11 is 1.18. The zero-order chi connectivity index (χ0) is 17.5. The summed E-state index contributed by atoms with van der Waals surface area (Å²) in [5.41, 5.74) is 2.34. The van der Waals surface area contributed by atoms with Gasteiger partial charge < -0.3 is 14.6 Å². The summed E-state index contributed by atoms with van der Waals surface area (Å²) in [6.45, 7) is 3.73. The van der Waals surface area contributed by atoms with Crippen molar-refractivity contribution in [3.05, 3.63) is 59.9 Å². The van der Waals surface area contributed by atoms with Gasteiger partial charge in [-0.3, -0.25) is 4.79 Å². The topological polar surface area (TPSA) is 81.9 Å². The van der Waals surface area contributed by atoms with Crippen LogP contribution in [0, 0.1) is 6.92 Å². The molecule has 8 heteroatoms. The molecule has 2 aromatic heterocycles. The van der Waals surface area contributed by atoms with Gasteiger partial charge >= 0.3 is 0 Å². The van der Waals surface area contributed by atoms with E-state index in [0.717, 1.165) is 24.4 Å². The molecule has 0 saturated carbocycles. The van der Waals surface area contributed by atoms with Crippen LogP contribution in [0.25, 0.3) is 0 Å². The van der Waals surface area contributed by atoms with E-state index in [9.17, 15) is 4.79 Å². The van der Waals surface area contributed by atoms with Crippen molar-refractivity contribution >= 4 is 17.6 Å². The van der Waals surface area contributed by atoms with Crippen LogP contribution in [0.1, 0.15) is 28.2 Å². The molecule has 0 aliphatic carbocycles. The van der Waals surface area contributed by atoms with E-state index in [1.165, 1.54) is 11.7 Å². The lowest BCUT2D eigenvalue weighted by Gasteiger charge is -2.08. The summed E-state index contributed by atoms with van der Waals surface area (Å²) in [7, 11) is 0. The molecule has 0 aliphatic rings. The van der Waals surface area contributed by atoms with E-state index in [-0.39, 0.29) is 5.91 Å². The number of aromatic nitrogens is 4. The van der Waals surface area contributed by atoms with Gasteiger partial charge in [-0.25, -0.2) is 4.98 Å². The van der Waals surface area contributed by atoms with Crippen LogP contribution < -0.4 is 10.1 Å². The van der Waals surface area contributed by atoms with Gasteiger partial charge in [0.05, 0.1) is 23.7 Å². The first kappa shape index (κ1) is 17.1. The Balaban J connectivity index is 1.43. The summed E-state index contributed by atoms with van der Waals surface area (Å²) < 4.78 is 15.9. The maximum Gasteiger partial charge on any atom is 0.251 e. The van der Waals surface area contributed by atoms with Gasteiger partial charge in [0.2, 0.25) is 0 Å². The second-order valence-electron chi connectivity index (χ2n) is 5.52. The standard InChI is InChI=1S/C17H19N5O2S/c1-13-16(21-25-20-13)11-24-15-5-3-14(4-6-15)17(23)19-7-2-9-22-10-8-18-12-22/h3-6,8,10,12H,2,7,9,11H2,1H3,(H,19,23). The SMILES string of the molecule is Cc1nsnc1COc1ccc(C(=O)NCCCn2ccnc2)cc1. The average Bonchev–Trinajstić information content (AvgIpc) is 3.29. The number of carbonyl (C=O) groups excluding carboxylic acids is 1. The zero-order valence-electron chi connectivity index (χ0n) is 13.9. The molecule has 3 aromatic rings. The van der Waals surface area contributed by atoms with Crippen molar-refractivity contribution < 1.29 is 9.53 Å². The smallest absolute Gasteiger partial charge is 0.251 e. The minimum Gasteiger partial charge on any atom is -0.487 e. The van der Waals surface area contributed by atoms with Crippen molar-refractivity contribution in [2.45, 2.75) is 26.5 Å². The molecule has 0 atom stereocenters. The fraction of sp³-hybridized carbons (Fsp3) is 0.294. The van der Waals surface area contributed by atoms with Crippen LogP contribution in [0.4, 0.5) is 0 Å². The number of amides is 1. The number of carbonyl (C=O) groups is 1. The molecular weight excluding hydrogens is 338 g/mol. The molecule has 0 bridgehead atoms. The molecule has 130 valence electrons.